The third kappa shape index (κ3) is 5.02. The smallest absolute Gasteiger partial charge is 0.265 e. The van der Waals surface area contributed by atoms with E-state index in [1.165, 1.54) is 11.3 Å². The maximum Gasteiger partial charge on any atom is 0.265 e. The van der Waals surface area contributed by atoms with E-state index in [0.29, 0.717) is 59.1 Å². The van der Waals surface area contributed by atoms with Crippen molar-refractivity contribution in [2.75, 3.05) is 44.6 Å². The highest BCUT2D eigenvalue weighted by molar-refractivity contribution is 7.21. The Kier molecular flexibility index (Phi) is 7.20. The Morgan fingerprint density at radius 1 is 1.09 bits per heavy atom. The summed E-state index contributed by atoms with van der Waals surface area (Å²) in [5, 5.41) is 4.85. The molecule has 0 aliphatic carbocycles. The molecular weight excluding hydrogens is 469 g/mol. The fourth-order valence-corrected chi connectivity index (χ4v) is 5.43. The number of anilines is 1. The van der Waals surface area contributed by atoms with Crippen molar-refractivity contribution in [2.24, 2.45) is 0 Å². The molecule has 0 radical (unpaired) electrons. The molecule has 1 aliphatic rings. The number of hydrogen-bond donors (Lipinski definition) is 1. The minimum Gasteiger partial charge on any atom is -0.492 e. The molecule has 2 heterocycles. The number of nitrogens with one attached hydrogen (secondary N) is 1. The number of piperazine rings is 1. The fourth-order valence-electron chi connectivity index (χ4n) is 3.67. The number of para-hydroxylation sites is 2. The van der Waals surface area contributed by atoms with Crippen LogP contribution in [0.1, 0.15) is 16.6 Å². The standard InChI is InChI=1S/C23H23Cl2N3O3S/c1-2-31-18-6-4-3-5-17(18)26-20(29)14-27-9-11-28(12-10-27)23(30)22-21(25)16-8-7-15(24)13-19(16)32-22/h3-8,13H,2,9-12,14H2,1H3,(H,26,29). The Hall–Kier alpha value is -2.32. The van der Waals surface area contributed by atoms with Gasteiger partial charge in [-0.2, -0.15) is 0 Å². The average Bonchev–Trinajstić information content (AvgIpc) is 3.11. The van der Waals surface area contributed by atoms with Crippen molar-refractivity contribution < 1.29 is 14.3 Å². The zero-order valence-electron chi connectivity index (χ0n) is 17.6. The van der Waals surface area contributed by atoms with Gasteiger partial charge in [0.25, 0.3) is 5.91 Å². The van der Waals surface area contributed by atoms with Gasteiger partial charge in [-0.15, -0.1) is 11.3 Å². The zero-order chi connectivity index (χ0) is 22.7. The molecule has 32 heavy (non-hydrogen) atoms. The quantitative estimate of drug-likeness (QED) is 0.526. The number of nitrogens with zero attached hydrogens (tertiary/aromatic N) is 2. The Labute approximate surface area is 200 Å². The molecule has 0 bridgehead atoms. The molecule has 1 N–H and O–H groups in total. The number of thiophene rings is 1. The van der Waals surface area contributed by atoms with E-state index in [-0.39, 0.29) is 18.4 Å². The molecule has 0 spiro atoms. The van der Waals surface area contributed by atoms with E-state index in [1.54, 1.807) is 11.0 Å². The number of carbonyl (C=O) groups excluding carboxylic acids is 2. The summed E-state index contributed by atoms with van der Waals surface area (Å²) in [7, 11) is 0. The minimum absolute atomic E-state index is 0.0814. The predicted molar refractivity (Wildman–Crippen MR) is 130 cm³/mol. The van der Waals surface area contributed by atoms with E-state index in [1.807, 2.05) is 48.2 Å². The van der Waals surface area contributed by atoms with Gasteiger partial charge < -0.3 is 15.0 Å². The Balaban J connectivity index is 1.34. The number of amides is 2. The largest absolute Gasteiger partial charge is 0.492 e. The number of hydrogen-bond acceptors (Lipinski definition) is 5. The van der Waals surface area contributed by atoms with Crippen LogP contribution in [0.3, 0.4) is 0 Å². The summed E-state index contributed by atoms with van der Waals surface area (Å²) in [4.78, 5) is 29.9. The third-order valence-electron chi connectivity index (χ3n) is 5.27. The second kappa shape index (κ2) is 10.1. The van der Waals surface area contributed by atoms with E-state index in [2.05, 4.69) is 5.32 Å². The first-order valence-corrected chi connectivity index (χ1v) is 11.9. The summed E-state index contributed by atoms with van der Waals surface area (Å²) >= 11 is 13.9. The first-order chi connectivity index (χ1) is 15.5. The second-order valence-electron chi connectivity index (χ2n) is 7.43. The third-order valence-corrected chi connectivity index (χ3v) is 7.15. The lowest BCUT2D eigenvalue weighted by atomic mass is 10.2. The van der Waals surface area contributed by atoms with Crippen LogP contribution in [0.5, 0.6) is 5.75 Å². The van der Waals surface area contributed by atoms with Gasteiger partial charge in [0.2, 0.25) is 5.91 Å². The number of halogens is 2. The van der Waals surface area contributed by atoms with Crippen molar-refractivity contribution in [3.05, 3.63) is 57.4 Å². The van der Waals surface area contributed by atoms with Crippen LogP contribution in [0.15, 0.2) is 42.5 Å². The van der Waals surface area contributed by atoms with Gasteiger partial charge in [0.05, 0.1) is 23.9 Å². The lowest BCUT2D eigenvalue weighted by molar-refractivity contribution is -0.117. The van der Waals surface area contributed by atoms with Crippen molar-refractivity contribution in [1.82, 2.24) is 9.80 Å². The first kappa shape index (κ1) is 22.9. The van der Waals surface area contributed by atoms with Crippen LogP contribution in [0, 0.1) is 0 Å². The molecule has 168 valence electrons. The SMILES string of the molecule is CCOc1ccccc1NC(=O)CN1CCN(C(=O)c2sc3cc(Cl)ccc3c2Cl)CC1. The van der Waals surface area contributed by atoms with E-state index in [9.17, 15) is 9.59 Å². The maximum absolute atomic E-state index is 13.1. The number of benzene rings is 2. The van der Waals surface area contributed by atoms with E-state index in [4.69, 9.17) is 27.9 Å². The lowest BCUT2D eigenvalue weighted by Gasteiger charge is -2.34. The topological polar surface area (TPSA) is 61.9 Å². The first-order valence-electron chi connectivity index (χ1n) is 10.4. The Morgan fingerprint density at radius 3 is 2.59 bits per heavy atom. The minimum atomic E-state index is -0.110. The lowest BCUT2D eigenvalue weighted by Crippen LogP contribution is -2.50. The molecule has 2 amide bonds. The highest BCUT2D eigenvalue weighted by Crippen LogP contribution is 2.37. The van der Waals surface area contributed by atoms with Gasteiger partial charge in [-0.05, 0) is 31.2 Å². The molecule has 1 saturated heterocycles. The Bertz CT molecular complexity index is 1140. The van der Waals surface area contributed by atoms with Gasteiger partial charge in [-0.3, -0.25) is 14.5 Å². The van der Waals surface area contributed by atoms with Crippen LogP contribution in [-0.2, 0) is 4.79 Å². The molecule has 2 aromatic carbocycles. The summed E-state index contributed by atoms with van der Waals surface area (Å²) in [6.07, 6.45) is 0. The van der Waals surface area contributed by atoms with Crippen LogP contribution < -0.4 is 10.1 Å². The van der Waals surface area contributed by atoms with Crippen LogP contribution in [-0.4, -0.2) is 60.9 Å². The monoisotopic (exact) mass is 491 g/mol. The highest BCUT2D eigenvalue weighted by Gasteiger charge is 2.27. The number of ether oxygens (including phenoxy) is 1. The number of fused-ring (bicyclic) bond motifs is 1. The van der Waals surface area contributed by atoms with Gasteiger partial charge in [-0.25, -0.2) is 0 Å². The summed E-state index contributed by atoms with van der Waals surface area (Å²) in [6, 6.07) is 12.8. The molecule has 9 heteroatoms. The van der Waals surface area contributed by atoms with Gasteiger partial charge in [0.15, 0.2) is 0 Å². The summed E-state index contributed by atoms with van der Waals surface area (Å²) < 4.78 is 6.46. The van der Waals surface area contributed by atoms with Gasteiger partial charge in [-0.1, -0.05) is 41.4 Å². The van der Waals surface area contributed by atoms with Crippen molar-refractivity contribution in [3.8, 4) is 5.75 Å². The van der Waals surface area contributed by atoms with Crippen molar-refractivity contribution in [1.29, 1.82) is 0 Å². The van der Waals surface area contributed by atoms with Crippen LogP contribution >= 0.6 is 34.5 Å². The van der Waals surface area contributed by atoms with E-state index < -0.39 is 0 Å². The predicted octanol–water partition coefficient (Wildman–Crippen LogP) is 5.00. The fraction of sp³-hybridized carbons (Fsp3) is 0.304. The molecule has 1 fully saturated rings. The van der Waals surface area contributed by atoms with Crippen LogP contribution in [0.2, 0.25) is 10.0 Å². The van der Waals surface area contributed by atoms with E-state index >= 15 is 0 Å². The van der Waals surface area contributed by atoms with Gasteiger partial charge >= 0.3 is 0 Å². The van der Waals surface area contributed by atoms with Crippen LogP contribution in [0.4, 0.5) is 5.69 Å². The summed E-state index contributed by atoms with van der Waals surface area (Å²) in [5.41, 5.74) is 0.660. The van der Waals surface area contributed by atoms with Gasteiger partial charge in [0.1, 0.15) is 10.6 Å². The molecule has 6 nitrogen and oxygen atoms in total. The molecule has 3 aromatic rings. The highest BCUT2D eigenvalue weighted by atomic mass is 35.5. The number of carbonyl (C=O) groups is 2. The van der Waals surface area contributed by atoms with Crippen molar-refractivity contribution in [2.45, 2.75) is 6.92 Å². The molecule has 0 unspecified atom stereocenters. The van der Waals surface area contributed by atoms with Crippen molar-refractivity contribution >= 4 is 62.1 Å². The molecule has 1 aromatic heterocycles. The zero-order valence-corrected chi connectivity index (χ0v) is 19.9. The average molecular weight is 492 g/mol. The van der Waals surface area contributed by atoms with E-state index in [0.717, 1.165) is 10.1 Å². The van der Waals surface area contributed by atoms with Crippen LogP contribution in [0.25, 0.3) is 10.1 Å². The molecule has 0 atom stereocenters. The second-order valence-corrected chi connectivity index (χ2v) is 9.30. The molecule has 0 saturated carbocycles. The van der Waals surface area contributed by atoms with Gasteiger partial charge in [0, 0.05) is 41.3 Å². The summed E-state index contributed by atoms with van der Waals surface area (Å²) in [5.74, 6) is 0.462. The summed E-state index contributed by atoms with van der Waals surface area (Å²) in [6.45, 7) is 4.98. The maximum atomic E-state index is 13.1. The Morgan fingerprint density at radius 2 is 1.84 bits per heavy atom. The molecule has 1 aliphatic heterocycles. The van der Waals surface area contributed by atoms with Crippen molar-refractivity contribution in [3.63, 3.8) is 0 Å². The molecule has 4 rings (SSSR count). The number of rotatable bonds is 6. The molecular formula is C23H23Cl2N3O3S. The normalized spacial score (nSPS) is 14.5.